The van der Waals surface area contributed by atoms with E-state index in [4.69, 9.17) is 0 Å². The number of rotatable bonds is 2. The molecule has 132 valence electrons. The third-order valence-electron chi connectivity index (χ3n) is 5.62. The Balaban J connectivity index is 1.40. The van der Waals surface area contributed by atoms with Crippen LogP contribution in [0.1, 0.15) is 50.2 Å². The molecule has 24 heavy (non-hydrogen) atoms. The molecule has 0 aromatic carbocycles. The van der Waals surface area contributed by atoms with E-state index in [0.717, 1.165) is 50.2 Å². The third kappa shape index (κ3) is 3.15. The fourth-order valence-corrected chi connectivity index (χ4v) is 5.93. The first kappa shape index (κ1) is 16.2. The predicted octanol–water partition coefficient (Wildman–Crippen LogP) is 2.05. The molecule has 0 unspecified atom stereocenters. The first-order valence-electron chi connectivity index (χ1n) is 9.30. The first-order chi connectivity index (χ1) is 11.8. The maximum Gasteiger partial charge on any atom is 0.194 e. The normalized spacial score (nSPS) is 23.5. The summed E-state index contributed by atoms with van der Waals surface area (Å²) < 4.78 is 2.72. The molecule has 1 aliphatic carbocycles. The van der Waals surface area contributed by atoms with Crippen LogP contribution in [0.3, 0.4) is 0 Å². The summed E-state index contributed by atoms with van der Waals surface area (Å²) in [7, 11) is 1.89. The van der Waals surface area contributed by atoms with Crippen LogP contribution < -0.4 is 5.32 Å². The number of guanidine groups is 1. The zero-order valence-corrected chi connectivity index (χ0v) is 15.4. The number of thioether (sulfide) groups is 1. The molecular formula is C17H28N6S. The van der Waals surface area contributed by atoms with Crippen LogP contribution in [0, 0.1) is 0 Å². The lowest BCUT2D eigenvalue weighted by Gasteiger charge is -2.45. The average molecular weight is 349 g/mol. The number of nitrogens with zero attached hydrogens (tertiary/aromatic N) is 5. The fourth-order valence-electron chi connectivity index (χ4n) is 4.36. The lowest BCUT2D eigenvalue weighted by molar-refractivity contribution is 0.293. The highest BCUT2D eigenvalue weighted by atomic mass is 32.2. The lowest BCUT2D eigenvalue weighted by Crippen LogP contribution is -2.53. The van der Waals surface area contributed by atoms with Crippen molar-refractivity contribution in [3.05, 3.63) is 11.6 Å². The number of aryl methyl sites for hydroxylation is 1. The molecule has 2 fully saturated rings. The van der Waals surface area contributed by atoms with Crippen LogP contribution in [-0.2, 0) is 19.5 Å². The molecule has 3 aliphatic rings. The number of hydrogen-bond donors (Lipinski definition) is 1. The smallest absolute Gasteiger partial charge is 0.194 e. The van der Waals surface area contributed by atoms with Crippen molar-refractivity contribution >= 4 is 17.7 Å². The highest BCUT2D eigenvalue weighted by Crippen LogP contribution is 2.42. The van der Waals surface area contributed by atoms with E-state index in [1.54, 1.807) is 0 Å². The van der Waals surface area contributed by atoms with E-state index in [1.165, 1.54) is 44.3 Å². The molecule has 1 aromatic rings. The van der Waals surface area contributed by atoms with E-state index >= 15 is 0 Å². The largest absolute Gasteiger partial charge is 0.349 e. The Hall–Kier alpha value is -1.24. The van der Waals surface area contributed by atoms with E-state index in [2.05, 4.69) is 41.7 Å². The predicted molar refractivity (Wildman–Crippen MR) is 98.4 cm³/mol. The molecule has 3 heterocycles. The summed E-state index contributed by atoms with van der Waals surface area (Å²) in [6.45, 7) is 4.00. The van der Waals surface area contributed by atoms with E-state index in [9.17, 15) is 0 Å². The van der Waals surface area contributed by atoms with Crippen LogP contribution in [0.2, 0.25) is 0 Å². The van der Waals surface area contributed by atoms with Crippen molar-refractivity contribution in [3.8, 4) is 0 Å². The van der Waals surface area contributed by atoms with E-state index < -0.39 is 0 Å². The lowest BCUT2D eigenvalue weighted by atomic mass is 9.87. The van der Waals surface area contributed by atoms with Gasteiger partial charge in [0.05, 0.1) is 6.54 Å². The quantitative estimate of drug-likeness (QED) is 0.655. The minimum absolute atomic E-state index is 0.463. The Labute approximate surface area is 148 Å². The third-order valence-corrected chi connectivity index (χ3v) is 7.15. The van der Waals surface area contributed by atoms with Crippen molar-refractivity contribution in [2.45, 2.75) is 62.8 Å². The second-order valence-electron chi connectivity index (χ2n) is 7.20. The van der Waals surface area contributed by atoms with Crippen molar-refractivity contribution in [1.82, 2.24) is 25.0 Å². The molecule has 4 rings (SSSR count). The van der Waals surface area contributed by atoms with Crippen LogP contribution in [0.15, 0.2) is 4.99 Å². The van der Waals surface area contributed by atoms with Crippen molar-refractivity contribution in [3.63, 3.8) is 0 Å². The van der Waals surface area contributed by atoms with Gasteiger partial charge in [-0.2, -0.15) is 11.8 Å². The van der Waals surface area contributed by atoms with Gasteiger partial charge < -0.3 is 14.8 Å². The van der Waals surface area contributed by atoms with Gasteiger partial charge in [-0.1, -0.05) is 19.3 Å². The van der Waals surface area contributed by atoms with Crippen LogP contribution in [-0.4, -0.2) is 56.3 Å². The molecule has 0 atom stereocenters. The maximum atomic E-state index is 4.55. The van der Waals surface area contributed by atoms with Crippen molar-refractivity contribution < 1.29 is 0 Å². The van der Waals surface area contributed by atoms with Gasteiger partial charge in [0.2, 0.25) is 0 Å². The maximum absolute atomic E-state index is 4.55. The minimum Gasteiger partial charge on any atom is -0.349 e. The molecule has 2 aliphatic heterocycles. The zero-order chi connectivity index (χ0) is 16.4. The van der Waals surface area contributed by atoms with Gasteiger partial charge in [0.25, 0.3) is 0 Å². The van der Waals surface area contributed by atoms with Crippen LogP contribution in [0.25, 0.3) is 0 Å². The molecule has 0 bridgehead atoms. The van der Waals surface area contributed by atoms with Crippen LogP contribution in [0.5, 0.6) is 0 Å². The summed E-state index contributed by atoms with van der Waals surface area (Å²) in [5.41, 5.74) is 0. The average Bonchev–Trinajstić information content (AvgIpc) is 3.21. The fraction of sp³-hybridized carbons (Fsp3) is 0.824. The Kier molecular flexibility index (Phi) is 4.70. The summed E-state index contributed by atoms with van der Waals surface area (Å²) >= 11 is 2.20. The zero-order valence-electron chi connectivity index (χ0n) is 14.6. The van der Waals surface area contributed by atoms with Gasteiger partial charge in [0.1, 0.15) is 5.82 Å². The molecule has 0 radical (unpaired) electrons. The monoisotopic (exact) mass is 348 g/mol. The van der Waals surface area contributed by atoms with Crippen LogP contribution >= 0.6 is 11.8 Å². The minimum atomic E-state index is 0.463. The molecule has 1 saturated heterocycles. The van der Waals surface area contributed by atoms with E-state index in [1.807, 2.05) is 7.05 Å². The molecule has 1 spiro atoms. The number of fused-ring (bicyclic) bond motifs is 1. The Morgan fingerprint density at radius 2 is 2.08 bits per heavy atom. The molecule has 6 nitrogen and oxygen atoms in total. The number of aromatic nitrogens is 3. The first-order valence-corrected chi connectivity index (χ1v) is 10.3. The molecule has 1 aromatic heterocycles. The highest BCUT2D eigenvalue weighted by Gasteiger charge is 2.38. The topological polar surface area (TPSA) is 58.3 Å². The van der Waals surface area contributed by atoms with Gasteiger partial charge in [-0.3, -0.25) is 4.99 Å². The Bertz CT molecular complexity index is 599. The number of hydrogen-bond acceptors (Lipinski definition) is 4. The van der Waals surface area contributed by atoms with Crippen molar-refractivity contribution in [1.29, 1.82) is 0 Å². The van der Waals surface area contributed by atoms with Gasteiger partial charge in [0.15, 0.2) is 11.8 Å². The summed E-state index contributed by atoms with van der Waals surface area (Å²) in [6.07, 6.45) is 9.17. The molecule has 7 heteroatoms. The van der Waals surface area contributed by atoms with Gasteiger partial charge in [-0.15, -0.1) is 10.2 Å². The van der Waals surface area contributed by atoms with E-state index in [0.29, 0.717) is 4.75 Å². The molecular weight excluding hydrogens is 320 g/mol. The van der Waals surface area contributed by atoms with Gasteiger partial charge >= 0.3 is 0 Å². The second kappa shape index (κ2) is 6.94. The van der Waals surface area contributed by atoms with E-state index in [-0.39, 0.29) is 0 Å². The number of aliphatic imine (C=N–C) groups is 1. The summed E-state index contributed by atoms with van der Waals surface area (Å²) in [5, 5.41) is 12.2. The molecule has 1 saturated carbocycles. The van der Waals surface area contributed by atoms with Gasteiger partial charge in [0, 0.05) is 43.6 Å². The summed E-state index contributed by atoms with van der Waals surface area (Å²) in [4.78, 5) is 7.01. The Morgan fingerprint density at radius 3 is 2.92 bits per heavy atom. The van der Waals surface area contributed by atoms with Gasteiger partial charge in [-0.25, -0.2) is 0 Å². The standard InChI is InChI=1S/C17H28N6S/c1-18-16(19-12-15-21-20-14-6-5-9-23(14)15)22-10-11-24-17(13-22)7-3-2-4-8-17/h2-13H2,1H3,(H,18,19). The highest BCUT2D eigenvalue weighted by molar-refractivity contribution is 8.00. The summed E-state index contributed by atoms with van der Waals surface area (Å²) in [5.74, 6) is 4.41. The SMILES string of the molecule is CN=C(NCc1nnc2n1CCC2)N1CCSC2(CCCCC2)C1. The Morgan fingerprint density at radius 1 is 1.21 bits per heavy atom. The number of nitrogens with one attached hydrogen (secondary N) is 1. The summed E-state index contributed by atoms with van der Waals surface area (Å²) in [6, 6.07) is 0. The van der Waals surface area contributed by atoms with Crippen molar-refractivity contribution in [2.75, 3.05) is 25.9 Å². The molecule has 0 amide bonds. The van der Waals surface area contributed by atoms with Crippen LogP contribution in [0.4, 0.5) is 0 Å². The molecule has 1 N–H and O–H groups in total. The van der Waals surface area contributed by atoms with Gasteiger partial charge in [-0.05, 0) is 19.3 Å². The second-order valence-corrected chi connectivity index (χ2v) is 8.77. The van der Waals surface area contributed by atoms with Crippen molar-refractivity contribution in [2.24, 2.45) is 4.99 Å².